The summed E-state index contributed by atoms with van der Waals surface area (Å²) in [6.07, 6.45) is 1.27. The van der Waals surface area contributed by atoms with Crippen LogP contribution in [-0.4, -0.2) is 17.5 Å². The Kier molecular flexibility index (Phi) is 1.50. The highest BCUT2D eigenvalue weighted by atomic mass is 16.6. The highest BCUT2D eigenvalue weighted by Gasteiger charge is 2.07. The van der Waals surface area contributed by atoms with E-state index >= 15 is 0 Å². The van der Waals surface area contributed by atoms with Gasteiger partial charge in [0.25, 0.3) is 5.88 Å². The molecule has 0 aromatic carbocycles. The highest BCUT2D eigenvalue weighted by molar-refractivity contribution is 4.86. The molecule has 1 aliphatic heterocycles. The minimum absolute atomic E-state index is 0.199. The lowest BCUT2D eigenvalue weighted by Crippen LogP contribution is -2.32. The number of ether oxygens (including phenoxy) is 1. The Bertz CT molecular complexity index is 154. The first-order valence-electron chi connectivity index (χ1n) is 2.23. The maximum Gasteiger partial charge on any atom is 0.257 e. The molecule has 50 valence electrons. The van der Waals surface area contributed by atoms with Crippen LogP contribution in [0.3, 0.4) is 0 Å². The molecule has 0 aromatic heterocycles. The van der Waals surface area contributed by atoms with E-state index in [1.165, 1.54) is 13.3 Å². The molecule has 6 nitrogen and oxygen atoms in total. The number of nitrogens with zero attached hydrogens (tertiary/aromatic N) is 3. The van der Waals surface area contributed by atoms with Gasteiger partial charge in [0.15, 0.2) is 0 Å². The smallest absolute Gasteiger partial charge is 0.257 e. The van der Waals surface area contributed by atoms with Gasteiger partial charge in [-0.2, -0.15) is 5.53 Å². The number of rotatable bonds is 1. The molecule has 9 heavy (non-hydrogen) atoms. The fourth-order valence-electron chi connectivity index (χ4n) is 0.390. The number of nitrogens with one attached hydrogen (secondary N) is 1. The van der Waals surface area contributed by atoms with Gasteiger partial charge in [-0.05, 0) is 0 Å². The van der Waals surface area contributed by atoms with Crippen molar-refractivity contribution in [1.29, 1.82) is 0 Å². The van der Waals surface area contributed by atoms with Crippen LogP contribution in [0.2, 0.25) is 0 Å². The zero-order valence-corrected chi connectivity index (χ0v) is 4.77. The van der Waals surface area contributed by atoms with Gasteiger partial charge < -0.3 is 4.74 Å². The third-order valence-corrected chi connectivity index (χ3v) is 0.783. The molecule has 0 amide bonds. The Morgan fingerprint density at radius 1 is 1.89 bits per heavy atom. The first kappa shape index (κ1) is 5.83. The predicted octanol–water partition coefficient (Wildman–Crippen LogP) is 0.00830. The van der Waals surface area contributed by atoms with E-state index in [0.717, 1.165) is 0 Å². The summed E-state index contributed by atoms with van der Waals surface area (Å²) in [5.74, 6) is 0.199. The normalized spacial score (nSPS) is 16.7. The summed E-state index contributed by atoms with van der Waals surface area (Å²) < 4.78 is 4.62. The zero-order valence-electron chi connectivity index (χ0n) is 4.77. The molecule has 1 aliphatic rings. The van der Waals surface area contributed by atoms with Gasteiger partial charge in [-0.15, -0.1) is 10.3 Å². The average Bonchev–Trinajstić information content (AvgIpc) is 1.89. The zero-order chi connectivity index (χ0) is 6.69. The molecule has 0 atom stereocenters. The van der Waals surface area contributed by atoms with Crippen LogP contribution in [0.1, 0.15) is 0 Å². The summed E-state index contributed by atoms with van der Waals surface area (Å²) in [5, 5.41) is 16.0. The van der Waals surface area contributed by atoms with Crippen molar-refractivity contribution >= 4 is 0 Å². The molecule has 0 aromatic rings. The van der Waals surface area contributed by atoms with Crippen LogP contribution in [-0.2, 0) is 4.74 Å². The average molecular weight is 130 g/mol. The van der Waals surface area contributed by atoms with Crippen molar-refractivity contribution in [1.82, 2.24) is 10.7 Å². The Hall–Kier alpha value is -1.30. The van der Waals surface area contributed by atoms with Crippen molar-refractivity contribution in [3.63, 3.8) is 0 Å². The molecule has 0 saturated heterocycles. The first-order chi connectivity index (χ1) is 4.34. The second-order valence-electron chi connectivity index (χ2n) is 1.30. The van der Waals surface area contributed by atoms with Crippen molar-refractivity contribution < 1.29 is 9.94 Å². The molecule has 0 radical (unpaired) electrons. The van der Waals surface area contributed by atoms with E-state index in [2.05, 4.69) is 20.6 Å². The largest absolute Gasteiger partial charge is 0.479 e. The Labute approximate surface area is 51.3 Å². The van der Waals surface area contributed by atoms with Crippen LogP contribution in [0.25, 0.3) is 0 Å². The number of hydroxylamine groups is 1. The van der Waals surface area contributed by atoms with Crippen LogP contribution >= 0.6 is 0 Å². The molecule has 0 spiro atoms. The number of methoxy groups -OCH3 is 1. The minimum atomic E-state index is 0.199. The standard InChI is InChI=1S/C3H6N4O2/c1-9-3-2-4-5-6-7(3)8/h2,8H,1H3,(H,4,6). The maximum atomic E-state index is 8.74. The fourth-order valence-corrected chi connectivity index (χ4v) is 0.390. The van der Waals surface area contributed by atoms with Crippen LogP contribution in [0, 0.1) is 0 Å². The third-order valence-electron chi connectivity index (χ3n) is 0.783. The van der Waals surface area contributed by atoms with E-state index in [1.807, 2.05) is 0 Å². The Morgan fingerprint density at radius 2 is 2.67 bits per heavy atom. The molecule has 0 bridgehead atoms. The maximum absolute atomic E-state index is 8.74. The lowest BCUT2D eigenvalue weighted by Gasteiger charge is -2.17. The van der Waals surface area contributed by atoms with Gasteiger partial charge in [0.2, 0.25) is 0 Å². The molecule has 0 unspecified atom stereocenters. The Morgan fingerprint density at radius 3 is 3.11 bits per heavy atom. The quantitative estimate of drug-likeness (QED) is 0.524. The highest BCUT2D eigenvalue weighted by Crippen LogP contribution is 2.02. The summed E-state index contributed by atoms with van der Waals surface area (Å²) in [7, 11) is 1.41. The van der Waals surface area contributed by atoms with Crippen LogP contribution in [0.4, 0.5) is 0 Å². The second-order valence-corrected chi connectivity index (χ2v) is 1.30. The summed E-state index contributed by atoms with van der Waals surface area (Å²) in [6, 6.07) is 0. The molecular formula is C3H6N4O2. The van der Waals surface area contributed by atoms with E-state index in [-0.39, 0.29) is 5.88 Å². The minimum Gasteiger partial charge on any atom is -0.479 e. The van der Waals surface area contributed by atoms with Gasteiger partial charge in [-0.25, -0.2) is 0 Å². The lowest BCUT2D eigenvalue weighted by atomic mass is 10.8. The summed E-state index contributed by atoms with van der Waals surface area (Å²) >= 11 is 0. The fraction of sp³-hybridized carbons (Fsp3) is 0.333. The summed E-state index contributed by atoms with van der Waals surface area (Å²) in [6.45, 7) is 0. The molecule has 1 rings (SSSR count). The molecule has 6 heteroatoms. The molecule has 1 heterocycles. The molecular weight excluding hydrogens is 124 g/mol. The lowest BCUT2D eigenvalue weighted by molar-refractivity contribution is -0.147. The van der Waals surface area contributed by atoms with Gasteiger partial charge in [0.05, 0.1) is 7.11 Å². The van der Waals surface area contributed by atoms with Crippen molar-refractivity contribution in [3.8, 4) is 0 Å². The van der Waals surface area contributed by atoms with Crippen molar-refractivity contribution in [3.05, 3.63) is 12.1 Å². The van der Waals surface area contributed by atoms with Gasteiger partial charge >= 0.3 is 0 Å². The predicted molar refractivity (Wildman–Crippen MR) is 26.7 cm³/mol. The number of hydrogen-bond donors (Lipinski definition) is 2. The van der Waals surface area contributed by atoms with E-state index in [4.69, 9.17) is 5.21 Å². The van der Waals surface area contributed by atoms with Crippen molar-refractivity contribution in [2.45, 2.75) is 0 Å². The van der Waals surface area contributed by atoms with Gasteiger partial charge in [-0.3, -0.25) is 5.21 Å². The molecule has 2 N–H and O–H groups in total. The topological polar surface area (TPSA) is 69.5 Å². The van der Waals surface area contributed by atoms with Gasteiger partial charge in [-0.1, -0.05) is 5.22 Å². The third kappa shape index (κ3) is 1.08. The van der Waals surface area contributed by atoms with Crippen molar-refractivity contribution in [2.75, 3.05) is 7.11 Å². The Balaban J connectivity index is 2.63. The van der Waals surface area contributed by atoms with Gasteiger partial charge in [0.1, 0.15) is 6.20 Å². The van der Waals surface area contributed by atoms with Crippen molar-refractivity contribution in [2.24, 2.45) is 10.3 Å². The number of hydrazine groups is 1. The van der Waals surface area contributed by atoms with Crippen LogP contribution < -0.4 is 5.53 Å². The molecule has 0 fully saturated rings. The van der Waals surface area contributed by atoms with E-state index < -0.39 is 0 Å². The molecule has 0 saturated carbocycles. The van der Waals surface area contributed by atoms with Crippen LogP contribution in [0.5, 0.6) is 0 Å². The second kappa shape index (κ2) is 2.31. The SMILES string of the molecule is COC1=CN=NNN1O. The molecule has 0 aliphatic carbocycles. The van der Waals surface area contributed by atoms with E-state index in [0.29, 0.717) is 5.17 Å². The number of hydrogen-bond acceptors (Lipinski definition) is 6. The first-order valence-corrected chi connectivity index (χ1v) is 2.23. The van der Waals surface area contributed by atoms with E-state index in [9.17, 15) is 0 Å². The summed E-state index contributed by atoms with van der Waals surface area (Å²) in [4.78, 5) is 0. The van der Waals surface area contributed by atoms with E-state index in [1.54, 1.807) is 0 Å². The van der Waals surface area contributed by atoms with Gasteiger partial charge in [0, 0.05) is 0 Å². The summed E-state index contributed by atoms with van der Waals surface area (Å²) in [5.41, 5.74) is 2.14. The van der Waals surface area contributed by atoms with Crippen LogP contribution in [0.15, 0.2) is 22.4 Å². The monoisotopic (exact) mass is 130 g/mol.